The number of anilines is 1. The van der Waals surface area contributed by atoms with Gasteiger partial charge >= 0.3 is 5.97 Å². The average Bonchev–Trinajstić information content (AvgIpc) is 2.69. The molecule has 0 aliphatic carbocycles. The molecule has 1 atom stereocenters. The lowest BCUT2D eigenvalue weighted by Gasteiger charge is -2.18. The zero-order chi connectivity index (χ0) is 13.3. The number of hydrogen-bond donors (Lipinski definition) is 1. The predicted octanol–water partition coefficient (Wildman–Crippen LogP) is 2.39. The highest BCUT2D eigenvalue weighted by molar-refractivity contribution is 5.77. The van der Waals surface area contributed by atoms with Crippen LogP contribution in [0.3, 0.4) is 0 Å². The van der Waals surface area contributed by atoms with E-state index in [2.05, 4.69) is 13.8 Å². The normalized spacial score (nSPS) is 19.1. The molecular formula is C14H19NO3. The topological polar surface area (TPSA) is 61.5 Å². The van der Waals surface area contributed by atoms with Crippen LogP contribution in [0.5, 0.6) is 5.75 Å². The Morgan fingerprint density at radius 3 is 2.72 bits per heavy atom. The summed E-state index contributed by atoms with van der Waals surface area (Å²) in [7, 11) is 0. The molecular weight excluding hydrogens is 230 g/mol. The van der Waals surface area contributed by atoms with Gasteiger partial charge in [-0.25, -0.2) is 4.79 Å². The maximum Gasteiger partial charge on any atom is 0.347 e. The van der Waals surface area contributed by atoms with Crippen LogP contribution in [0.4, 0.5) is 5.69 Å². The minimum Gasteiger partial charge on any atom is -0.478 e. The molecule has 1 aliphatic heterocycles. The van der Waals surface area contributed by atoms with Gasteiger partial charge in [-0.2, -0.15) is 0 Å². The van der Waals surface area contributed by atoms with Crippen molar-refractivity contribution in [2.24, 2.45) is 0 Å². The first kappa shape index (κ1) is 12.7. The molecule has 0 saturated carbocycles. The van der Waals surface area contributed by atoms with Gasteiger partial charge < -0.3 is 15.2 Å². The van der Waals surface area contributed by atoms with Crippen molar-refractivity contribution >= 4 is 11.7 Å². The number of carbonyl (C=O) groups is 1. The molecule has 0 bridgehead atoms. The van der Waals surface area contributed by atoms with Gasteiger partial charge in [0.25, 0.3) is 0 Å². The summed E-state index contributed by atoms with van der Waals surface area (Å²) >= 11 is 0. The smallest absolute Gasteiger partial charge is 0.347 e. The monoisotopic (exact) mass is 249 g/mol. The molecule has 0 spiro atoms. The molecule has 1 saturated heterocycles. The van der Waals surface area contributed by atoms with Crippen LogP contribution < -0.4 is 10.5 Å². The number of rotatable bonds is 3. The van der Waals surface area contributed by atoms with Gasteiger partial charge in [-0.3, -0.25) is 0 Å². The van der Waals surface area contributed by atoms with Gasteiger partial charge in [0.1, 0.15) is 5.75 Å². The Balaban J connectivity index is 2.30. The molecule has 0 radical (unpaired) electrons. The van der Waals surface area contributed by atoms with Crippen molar-refractivity contribution in [1.29, 1.82) is 0 Å². The second-order valence-electron chi connectivity index (χ2n) is 4.96. The summed E-state index contributed by atoms with van der Waals surface area (Å²) in [5, 5.41) is 0. The predicted molar refractivity (Wildman–Crippen MR) is 69.7 cm³/mol. The molecule has 2 N–H and O–H groups in total. The number of aryl methyl sites for hydroxylation is 1. The summed E-state index contributed by atoms with van der Waals surface area (Å²) < 4.78 is 10.7. The minimum atomic E-state index is -0.481. The highest BCUT2D eigenvalue weighted by atomic mass is 16.6. The number of esters is 1. The van der Waals surface area contributed by atoms with E-state index in [4.69, 9.17) is 15.2 Å². The Kier molecular flexibility index (Phi) is 3.45. The molecule has 2 rings (SSSR count). The lowest BCUT2D eigenvalue weighted by atomic mass is 9.99. The SMILES string of the molecule is Cc1cc(OC2CCOC2=O)c(C(C)C)cc1N. The molecule has 4 heteroatoms. The number of ether oxygens (including phenoxy) is 2. The maximum absolute atomic E-state index is 11.4. The van der Waals surface area contributed by atoms with Crippen LogP contribution in [-0.4, -0.2) is 18.7 Å². The van der Waals surface area contributed by atoms with E-state index in [1.54, 1.807) is 0 Å². The first-order valence-electron chi connectivity index (χ1n) is 6.22. The van der Waals surface area contributed by atoms with Gasteiger partial charge in [0.15, 0.2) is 6.10 Å². The van der Waals surface area contributed by atoms with E-state index in [0.717, 1.165) is 22.6 Å². The largest absolute Gasteiger partial charge is 0.478 e. The molecule has 1 unspecified atom stereocenters. The van der Waals surface area contributed by atoms with Gasteiger partial charge in [-0.1, -0.05) is 13.8 Å². The van der Waals surface area contributed by atoms with E-state index >= 15 is 0 Å². The molecule has 1 aliphatic rings. The second-order valence-corrected chi connectivity index (χ2v) is 4.96. The Morgan fingerprint density at radius 2 is 2.17 bits per heavy atom. The van der Waals surface area contributed by atoms with Gasteiger partial charge in [0.2, 0.25) is 0 Å². The first-order valence-corrected chi connectivity index (χ1v) is 6.22. The summed E-state index contributed by atoms with van der Waals surface area (Å²) in [6.45, 7) is 6.52. The van der Waals surface area contributed by atoms with Gasteiger partial charge in [0.05, 0.1) is 6.61 Å². The van der Waals surface area contributed by atoms with Crippen molar-refractivity contribution in [3.8, 4) is 5.75 Å². The van der Waals surface area contributed by atoms with Crippen LogP contribution in [0.2, 0.25) is 0 Å². The van der Waals surface area contributed by atoms with Crippen molar-refractivity contribution in [2.45, 2.75) is 39.2 Å². The summed E-state index contributed by atoms with van der Waals surface area (Å²) in [4.78, 5) is 11.4. The summed E-state index contributed by atoms with van der Waals surface area (Å²) in [6, 6.07) is 3.83. The fraction of sp³-hybridized carbons (Fsp3) is 0.500. The van der Waals surface area contributed by atoms with Crippen LogP contribution in [0.1, 0.15) is 37.3 Å². The van der Waals surface area contributed by atoms with Crippen LogP contribution >= 0.6 is 0 Å². The standard InChI is InChI=1S/C14H19NO3/c1-8(2)10-7-11(15)9(3)6-13(10)18-12-4-5-17-14(12)16/h6-8,12H,4-5,15H2,1-3H3. The summed E-state index contributed by atoms with van der Waals surface area (Å²) in [5.41, 5.74) is 8.65. The maximum atomic E-state index is 11.4. The van der Waals surface area contributed by atoms with Crippen LogP contribution in [-0.2, 0) is 9.53 Å². The Labute approximate surface area is 107 Å². The van der Waals surface area contributed by atoms with E-state index in [9.17, 15) is 4.79 Å². The van der Waals surface area contributed by atoms with Gasteiger partial charge in [-0.05, 0) is 36.1 Å². The van der Waals surface area contributed by atoms with Crippen LogP contribution in [0.25, 0.3) is 0 Å². The third-order valence-electron chi connectivity index (χ3n) is 3.18. The third-order valence-corrected chi connectivity index (χ3v) is 3.18. The molecule has 0 amide bonds. The third kappa shape index (κ3) is 2.42. The second kappa shape index (κ2) is 4.88. The highest BCUT2D eigenvalue weighted by Gasteiger charge is 2.29. The number of carbonyl (C=O) groups excluding carboxylic acids is 1. The van der Waals surface area contributed by atoms with Gasteiger partial charge in [-0.15, -0.1) is 0 Å². The number of hydrogen-bond acceptors (Lipinski definition) is 4. The fourth-order valence-corrected chi connectivity index (χ4v) is 2.01. The number of nitrogen functional groups attached to an aromatic ring is 1. The number of cyclic esters (lactones) is 1. The average molecular weight is 249 g/mol. The highest BCUT2D eigenvalue weighted by Crippen LogP contribution is 2.32. The Bertz CT molecular complexity index is 468. The zero-order valence-corrected chi connectivity index (χ0v) is 11.0. The molecule has 98 valence electrons. The van der Waals surface area contributed by atoms with E-state index in [1.165, 1.54) is 0 Å². The van der Waals surface area contributed by atoms with Crippen LogP contribution in [0, 0.1) is 6.92 Å². The van der Waals surface area contributed by atoms with Crippen molar-refractivity contribution in [3.05, 3.63) is 23.3 Å². The van der Waals surface area contributed by atoms with E-state index in [0.29, 0.717) is 18.9 Å². The van der Waals surface area contributed by atoms with Crippen molar-refractivity contribution in [3.63, 3.8) is 0 Å². The van der Waals surface area contributed by atoms with Crippen molar-refractivity contribution in [1.82, 2.24) is 0 Å². The fourth-order valence-electron chi connectivity index (χ4n) is 2.01. The first-order chi connectivity index (χ1) is 8.49. The zero-order valence-electron chi connectivity index (χ0n) is 11.0. The van der Waals surface area contributed by atoms with Gasteiger partial charge in [0, 0.05) is 12.1 Å². The molecule has 1 aromatic carbocycles. The molecule has 1 heterocycles. The van der Waals surface area contributed by atoms with Crippen molar-refractivity contribution < 1.29 is 14.3 Å². The lowest BCUT2D eigenvalue weighted by molar-refractivity contribution is -0.143. The summed E-state index contributed by atoms with van der Waals surface area (Å²) in [6.07, 6.45) is 0.130. The van der Waals surface area contributed by atoms with Crippen LogP contribution in [0.15, 0.2) is 12.1 Å². The number of nitrogens with two attached hydrogens (primary N) is 1. The molecule has 4 nitrogen and oxygen atoms in total. The quantitative estimate of drug-likeness (QED) is 0.660. The molecule has 1 fully saturated rings. The van der Waals surface area contributed by atoms with E-state index < -0.39 is 6.10 Å². The molecule has 1 aromatic rings. The van der Waals surface area contributed by atoms with E-state index in [-0.39, 0.29) is 5.97 Å². The minimum absolute atomic E-state index is 0.279. The number of benzene rings is 1. The lowest BCUT2D eigenvalue weighted by Crippen LogP contribution is -2.22. The summed E-state index contributed by atoms with van der Waals surface area (Å²) in [5.74, 6) is 0.750. The Hall–Kier alpha value is -1.71. The van der Waals surface area contributed by atoms with E-state index in [1.807, 2.05) is 19.1 Å². The van der Waals surface area contributed by atoms with Crippen molar-refractivity contribution in [2.75, 3.05) is 12.3 Å². The Morgan fingerprint density at radius 1 is 1.44 bits per heavy atom. The molecule has 18 heavy (non-hydrogen) atoms. The molecule has 0 aromatic heterocycles.